The zero-order valence-corrected chi connectivity index (χ0v) is 29.3. The topological polar surface area (TPSA) is 60.7 Å². The van der Waals surface area contributed by atoms with Crippen molar-refractivity contribution < 1.29 is 90.0 Å². The zero-order chi connectivity index (χ0) is 26.7. The fourth-order valence-electron chi connectivity index (χ4n) is 4.49. The van der Waals surface area contributed by atoms with Crippen LogP contribution in [0.2, 0.25) is 0 Å². The van der Waals surface area contributed by atoms with Gasteiger partial charge in [-0.1, -0.05) is 75.9 Å². The van der Waals surface area contributed by atoms with Crippen LogP contribution in [0.25, 0.3) is 6.08 Å². The average molecular weight is 580 g/mol. The maximum atomic E-state index is 8.06. The summed E-state index contributed by atoms with van der Waals surface area (Å²) < 4.78 is 5.75. The van der Waals surface area contributed by atoms with Crippen molar-refractivity contribution in [2.24, 2.45) is 17.8 Å². The predicted octanol–water partition coefficient (Wildman–Crippen LogP) is -0.762. The minimum absolute atomic E-state index is 0. The van der Waals surface area contributed by atoms with Crippen LogP contribution in [0, 0.1) is 25.2 Å². The van der Waals surface area contributed by atoms with Gasteiger partial charge in [-0.15, -0.1) is 0 Å². The normalized spacial score (nSPS) is 19.3. The van der Waals surface area contributed by atoms with E-state index < -0.39 is 0 Å². The van der Waals surface area contributed by atoms with Gasteiger partial charge in [0.1, 0.15) is 0 Å². The van der Waals surface area contributed by atoms with Gasteiger partial charge in [0.2, 0.25) is 0 Å². The van der Waals surface area contributed by atoms with Crippen molar-refractivity contribution in [3.05, 3.63) is 48.4 Å². The Morgan fingerprint density at radius 3 is 1.53 bits per heavy atom. The first-order valence-electron chi connectivity index (χ1n) is 13.7. The van der Waals surface area contributed by atoms with E-state index in [0.29, 0.717) is 0 Å². The van der Waals surface area contributed by atoms with E-state index in [0.717, 1.165) is 24.2 Å². The molecule has 1 aromatic rings. The molecule has 7 heteroatoms. The van der Waals surface area contributed by atoms with Crippen LogP contribution in [0.5, 0.6) is 0 Å². The van der Waals surface area contributed by atoms with Gasteiger partial charge in [0.05, 0.1) is 0 Å². The Kier molecular flexibility index (Phi) is 44.3. The molecular formula is C31H60ClLi2O3Ti-. The van der Waals surface area contributed by atoms with Crippen LogP contribution in [0.3, 0.4) is 0 Å². The number of rotatable bonds is 0. The molecule has 3 N–H and O–H groups in total. The Bertz CT molecular complexity index is 618. The second-order valence-corrected chi connectivity index (χ2v) is 10.5. The molecule has 0 aromatic heterocycles. The van der Waals surface area contributed by atoms with E-state index in [2.05, 4.69) is 44.2 Å². The molecular weight excluding hydrogens is 518 g/mol. The van der Waals surface area contributed by atoms with Gasteiger partial charge < -0.3 is 36.6 Å². The summed E-state index contributed by atoms with van der Waals surface area (Å²) in [4.78, 5) is 0. The van der Waals surface area contributed by atoms with E-state index in [-0.39, 0.29) is 99.0 Å². The number of hydrogen-bond donors (Lipinski definition) is 3. The molecule has 0 radical (unpaired) electrons. The predicted molar refractivity (Wildman–Crippen MR) is 154 cm³/mol. The van der Waals surface area contributed by atoms with E-state index in [1.807, 2.05) is 0 Å². The minimum Gasteiger partial charge on any atom is -1.00 e. The van der Waals surface area contributed by atoms with Crippen LogP contribution in [0.15, 0.2) is 29.8 Å². The van der Waals surface area contributed by atoms with E-state index >= 15 is 0 Å². The summed E-state index contributed by atoms with van der Waals surface area (Å²) in [7, 11) is 1.25. The summed E-state index contributed by atoms with van der Waals surface area (Å²) in [5, 5.41) is 24.2. The number of allylic oxidation sites excluding steroid dienone is 1. The molecule has 0 spiro atoms. The Morgan fingerprint density at radius 2 is 1.18 bits per heavy atom. The first kappa shape index (κ1) is 51.7. The van der Waals surface area contributed by atoms with Gasteiger partial charge in [0, 0.05) is 41.4 Å². The first-order chi connectivity index (χ1) is 15.9. The molecule has 1 aromatic carbocycles. The summed E-state index contributed by atoms with van der Waals surface area (Å²) in [6.45, 7) is 14.9. The van der Waals surface area contributed by atoms with Crippen molar-refractivity contribution in [2.45, 2.75) is 126 Å². The van der Waals surface area contributed by atoms with Gasteiger partial charge in [0.15, 0.2) is 0 Å². The summed E-state index contributed by atoms with van der Waals surface area (Å²) in [6.07, 6.45) is 12.1. The third kappa shape index (κ3) is 31.6. The van der Waals surface area contributed by atoms with Crippen molar-refractivity contribution in [3.8, 4) is 0 Å². The second-order valence-electron chi connectivity index (χ2n) is 10.5. The molecule has 2 fully saturated rings. The van der Waals surface area contributed by atoms with E-state index in [9.17, 15) is 0 Å². The van der Waals surface area contributed by atoms with Crippen molar-refractivity contribution >= 4 is 6.08 Å². The molecule has 0 aliphatic heterocycles. The molecule has 0 heterocycles. The number of halogens is 1. The Morgan fingerprint density at radius 1 is 0.842 bits per heavy atom. The summed E-state index contributed by atoms with van der Waals surface area (Å²) >= 11 is 0. The van der Waals surface area contributed by atoms with Gasteiger partial charge in [0.25, 0.3) is 0 Å². The Labute approximate surface area is 286 Å². The SMILES string of the molecule is CC(C)O.CC(C)O.CC(C)O.CC1=Cc2ccccc2C1.CC1CC2CCCCC2C1.[3H]C.[CH3-].[Cl-].[H-].[Li+].[Li+].[Ti]. The minimum atomic E-state index is -0.167. The molecule has 2 saturated carbocycles. The van der Waals surface area contributed by atoms with Crippen LogP contribution in [0.1, 0.15) is 115 Å². The molecule has 2 atom stereocenters. The second kappa shape index (κ2) is 32.6. The smallest absolute Gasteiger partial charge is 1.00 e. The molecule has 3 aliphatic carbocycles. The molecule has 38 heavy (non-hydrogen) atoms. The largest absolute Gasteiger partial charge is 1.00 e. The van der Waals surface area contributed by atoms with Gasteiger partial charge in [-0.2, -0.15) is 0 Å². The van der Waals surface area contributed by atoms with Crippen molar-refractivity contribution in [1.82, 2.24) is 0 Å². The third-order valence-electron chi connectivity index (χ3n) is 5.40. The third-order valence-corrected chi connectivity index (χ3v) is 5.40. The number of benzene rings is 1. The van der Waals surface area contributed by atoms with Crippen molar-refractivity contribution in [3.63, 3.8) is 0 Å². The van der Waals surface area contributed by atoms with Gasteiger partial charge >= 0.3 is 37.7 Å². The molecule has 0 amide bonds. The average Bonchev–Trinajstić information content (AvgIpc) is 3.29. The maximum absolute atomic E-state index is 8.06. The fourth-order valence-corrected chi connectivity index (χ4v) is 4.49. The van der Waals surface area contributed by atoms with E-state index in [4.69, 9.17) is 16.7 Å². The van der Waals surface area contributed by atoms with E-state index in [1.54, 1.807) is 67.2 Å². The molecule has 0 saturated heterocycles. The quantitative estimate of drug-likeness (QED) is 0.280. The molecule has 0 bridgehead atoms. The molecule has 2 unspecified atom stereocenters. The van der Waals surface area contributed by atoms with Crippen LogP contribution in [-0.4, -0.2) is 33.6 Å². The summed E-state index contributed by atoms with van der Waals surface area (Å²) in [6, 6.07) is 8.56. The van der Waals surface area contributed by atoms with Crippen molar-refractivity contribution in [1.29, 1.82) is 0 Å². The summed E-state index contributed by atoms with van der Waals surface area (Å²) in [5.41, 5.74) is 4.35. The molecule has 3 aliphatic rings. The molecule has 4 rings (SSSR count). The molecule has 3 nitrogen and oxygen atoms in total. The van der Waals surface area contributed by atoms with Crippen molar-refractivity contribution in [2.75, 3.05) is 0 Å². The zero-order valence-electron chi connectivity index (χ0n) is 29.0. The van der Waals surface area contributed by atoms with Crippen LogP contribution in [0.4, 0.5) is 0 Å². The van der Waals surface area contributed by atoms with Gasteiger partial charge in [-0.3, -0.25) is 0 Å². The Hall–Kier alpha value is 1.04. The number of hydrogen-bond acceptors (Lipinski definition) is 3. The fraction of sp³-hybridized carbons (Fsp3) is 0.710. The van der Waals surface area contributed by atoms with Crippen LogP contribution >= 0.6 is 0 Å². The monoisotopic (exact) mass is 579 g/mol. The van der Waals surface area contributed by atoms with Gasteiger partial charge in [-0.05, 0) is 96.6 Å². The Balaban J connectivity index is -0.0000000538. The standard InChI is InChI=1S/C10H18.C10H10.3C3H8O.CH4.CH3.ClH.2Li.Ti.H/c2*1-8-6-9-4-2-3-5-10(9)7-8;3*1-3(2)4;;;;;;;/h8-10H,2-7H2,1H3;2-6H,7H2,1H3;3*3-4H,1-2H3;1H4;1H3;1H;;;;/q;;;;;;-1;;2*+1;;-1/p-1/i;;;;;1T;;;;;;. The number of fused-ring (bicyclic) bond motifs is 2. The number of aliphatic hydroxyl groups is 3. The molecule has 216 valence electrons. The van der Waals surface area contributed by atoms with Crippen LogP contribution in [-0.2, 0) is 28.1 Å². The maximum Gasteiger partial charge on any atom is 1.00 e. The number of aliphatic hydroxyl groups excluding tert-OH is 3. The van der Waals surface area contributed by atoms with Gasteiger partial charge in [-0.25, -0.2) is 0 Å². The first-order valence-corrected chi connectivity index (χ1v) is 12.7. The summed E-state index contributed by atoms with van der Waals surface area (Å²) in [5.74, 6) is 3.33. The van der Waals surface area contributed by atoms with E-state index in [1.165, 1.54) is 36.9 Å². The van der Waals surface area contributed by atoms with Crippen LogP contribution < -0.4 is 50.1 Å².